The van der Waals surface area contributed by atoms with Crippen molar-refractivity contribution < 1.29 is 9.53 Å². The van der Waals surface area contributed by atoms with Crippen molar-refractivity contribution in [1.29, 1.82) is 0 Å². The number of methoxy groups -OCH3 is 1. The molecule has 0 saturated carbocycles. The first-order valence-electron chi connectivity index (χ1n) is 7.22. The van der Waals surface area contributed by atoms with Gasteiger partial charge < -0.3 is 20.7 Å². The summed E-state index contributed by atoms with van der Waals surface area (Å²) < 4.78 is 6.79. The zero-order chi connectivity index (χ0) is 17.1. The Bertz CT molecular complexity index is 891. The van der Waals surface area contributed by atoms with Crippen LogP contribution in [-0.4, -0.2) is 46.7 Å². The Labute approximate surface area is 138 Å². The molecular weight excluding hydrogens is 310 g/mol. The highest BCUT2D eigenvalue weighted by atomic mass is 16.5. The number of nitrogens with zero attached hydrogens (tertiary/aromatic N) is 4. The number of hydrogen-bond acceptors (Lipinski definition) is 7. The molecule has 3 rings (SSSR count). The molecule has 0 aliphatic rings. The van der Waals surface area contributed by atoms with Crippen molar-refractivity contribution >= 4 is 28.9 Å². The number of carbonyl (C=O) groups is 1. The van der Waals surface area contributed by atoms with Crippen molar-refractivity contribution in [1.82, 2.24) is 24.9 Å². The molecule has 9 nitrogen and oxygen atoms in total. The van der Waals surface area contributed by atoms with E-state index in [2.05, 4.69) is 31.0 Å². The summed E-state index contributed by atoms with van der Waals surface area (Å²) in [6.07, 6.45) is 3.12. The summed E-state index contributed by atoms with van der Waals surface area (Å²) >= 11 is 0. The minimum absolute atomic E-state index is 0.254. The van der Waals surface area contributed by atoms with E-state index in [0.717, 1.165) is 0 Å². The van der Waals surface area contributed by atoms with Crippen molar-refractivity contribution in [3.05, 3.63) is 36.2 Å². The van der Waals surface area contributed by atoms with Crippen molar-refractivity contribution in [2.24, 2.45) is 0 Å². The van der Waals surface area contributed by atoms with E-state index in [9.17, 15) is 4.79 Å². The van der Waals surface area contributed by atoms with E-state index in [1.807, 2.05) is 6.07 Å². The van der Waals surface area contributed by atoms with E-state index in [4.69, 9.17) is 4.74 Å². The molecule has 24 heavy (non-hydrogen) atoms. The van der Waals surface area contributed by atoms with Gasteiger partial charge in [0.25, 0.3) is 5.91 Å². The van der Waals surface area contributed by atoms with Gasteiger partial charge in [-0.15, -0.1) is 0 Å². The fourth-order valence-electron chi connectivity index (χ4n) is 2.29. The summed E-state index contributed by atoms with van der Waals surface area (Å²) in [6.45, 7) is 0. The van der Waals surface area contributed by atoms with E-state index in [1.54, 1.807) is 44.1 Å². The van der Waals surface area contributed by atoms with Crippen LogP contribution in [-0.2, 0) is 0 Å². The number of anilines is 3. The van der Waals surface area contributed by atoms with E-state index in [-0.39, 0.29) is 5.91 Å². The lowest BCUT2D eigenvalue weighted by atomic mass is 10.3. The molecule has 0 aromatic carbocycles. The molecule has 0 saturated heterocycles. The third-order valence-corrected chi connectivity index (χ3v) is 3.43. The van der Waals surface area contributed by atoms with Gasteiger partial charge in [-0.3, -0.25) is 4.79 Å². The summed E-state index contributed by atoms with van der Waals surface area (Å²) in [5.41, 5.74) is 1.49. The van der Waals surface area contributed by atoms with Crippen molar-refractivity contribution in [2.45, 2.75) is 0 Å². The zero-order valence-corrected chi connectivity index (χ0v) is 13.5. The first-order chi connectivity index (χ1) is 11.7. The molecule has 3 N–H and O–H groups in total. The normalized spacial score (nSPS) is 10.5. The second-order valence-corrected chi connectivity index (χ2v) is 4.83. The number of nitrogens with one attached hydrogen (secondary N) is 3. The Balaban J connectivity index is 2.09. The Morgan fingerprint density at radius 2 is 2.17 bits per heavy atom. The van der Waals surface area contributed by atoms with E-state index >= 15 is 0 Å². The summed E-state index contributed by atoms with van der Waals surface area (Å²) in [7, 11) is 4.88. The number of rotatable bonds is 5. The number of carbonyl (C=O) groups excluding carboxylic acids is 1. The molecule has 0 bridgehead atoms. The predicted octanol–water partition coefficient (Wildman–Crippen LogP) is 1.28. The highest BCUT2D eigenvalue weighted by molar-refractivity contribution is 5.99. The van der Waals surface area contributed by atoms with Crippen LogP contribution in [0.1, 0.15) is 10.4 Å². The molecule has 0 aliphatic carbocycles. The van der Waals surface area contributed by atoms with Crippen LogP contribution in [0.25, 0.3) is 5.65 Å². The average Bonchev–Trinajstić information content (AvgIpc) is 3.04. The topological polar surface area (TPSA) is 105 Å². The molecule has 3 aromatic rings. The van der Waals surface area contributed by atoms with Gasteiger partial charge in [-0.25, -0.2) is 9.97 Å². The van der Waals surface area contributed by atoms with Crippen LogP contribution in [0.2, 0.25) is 0 Å². The van der Waals surface area contributed by atoms with Crippen LogP contribution in [0.3, 0.4) is 0 Å². The molecule has 0 aliphatic heterocycles. The Kier molecular flexibility index (Phi) is 4.15. The molecule has 124 valence electrons. The van der Waals surface area contributed by atoms with Gasteiger partial charge in [-0.1, -0.05) is 0 Å². The number of pyridine rings is 1. The summed E-state index contributed by atoms with van der Waals surface area (Å²) in [4.78, 5) is 20.6. The van der Waals surface area contributed by atoms with E-state index in [0.29, 0.717) is 34.4 Å². The zero-order valence-electron chi connectivity index (χ0n) is 13.5. The quantitative estimate of drug-likeness (QED) is 0.648. The Morgan fingerprint density at radius 1 is 1.33 bits per heavy atom. The minimum atomic E-state index is -0.254. The molecule has 3 heterocycles. The fourth-order valence-corrected chi connectivity index (χ4v) is 2.29. The van der Waals surface area contributed by atoms with Crippen LogP contribution < -0.4 is 20.7 Å². The van der Waals surface area contributed by atoms with Crippen LogP contribution in [0.4, 0.5) is 17.3 Å². The van der Waals surface area contributed by atoms with Gasteiger partial charge >= 0.3 is 0 Å². The third kappa shape index (κ3) is 2.67. The maximum Gasteiger partial charge on any atom is 0.256 e. The number of ether oxygens (including phenoxy) is 1. The van der Waals surface area contributed by atoms with E-state index in [1.165, 1.54) is 6.20 Å². The summed E-state index contributed by atoms with van der Waals surface area (Å²) in [5, 5.41) is 13.0. The second kappa shape index (κ2) is 6.41. The molecule has 0 radical (unpaired) electrons. The Hall–Kier alpha value is -3.36. The smallest absolute Gasteiger partial charge is 0.256 e. The average molecular weight is 327 g/mol. The van der Waals surface area contributed by atoms with Gasteiger partial charge in [0.05, 0.1) is 13.3 Å². The van der Waals surface area contributed by atoms with E-state index < -0.39 is 0 Å². The number of aromatic nitrogens is 4. The number of hydrogen-bond donors (Lipinski definition) is 3. The maximum atomic E-state index is 12.0. The van der Waals surface area contributed by atoms with Gasteiger partial charge in [0.15, 0.2) is 5.65 Å². The van der Waals surface area contributed by atoms with Gasteiger partial charge in [-0.2, -0.15) is 9.61 Å². The molecule has 0 unspecified atom stereocenters. The lowest BCUT2D eigenvalue weighted by Gasteiger charge is -2.11. The Morgan fingerprint density at radius 3 is 2.88 bits per heavy atom. The van der Waals surface area contributed by atoms with Gasteiger partial charge in [0.1, 0.15) is 22.9 Å². The van der Waals surface area contributed by atoms with Gasteiger partial charge in [0.2, 0.25) is 5.88 Å². The van der Waals surface area contributed by atoms with Crippen LogP contribution >= 0.6 is 0 Å². The standard InChI is InChI=1S/C15H17N7O2/c1-16-12-7-11(20-10-5-4-6-18-15(10)24-3)21-13-9(14(23)17-2)8-19-22(12)13/h4-8,16H,1-3H3,(H,17,23)(H,20,21). The SMILES string of the molecule is CNC(=O)c1cnn2c(NC)cc(Nc3cccnc3OC)nc12. The first kappa shape index (κ1) is 15.5. The minimum Gasteiger partial charge on any atom is -0.480 e. The highest BCUT2D eigenvalue weighted by Crippen LogP contribution is 2.26. The molecule has 3 aromatic heterocycles. The first-order valence-corrected chi connectivity index (χ1v) is 7.22. The van der Waals surface area contributed by atoms with Crippen molar-refractivity contribution in [3.63, 3.8) is 0 Å². The number of fused-ring (bicyclic) bond motifs is 1. The van der Waals surface area contributed by atoms with Crippen molar-refractivity contribution in [3.8, 4) is 5.88 Å². The van der Waals surface area contributed by atoms with Crippen LogP contribution in [0, 0.1) is 0 Å². The predicted molar refractivity (Wildman–Crippen MR) is 90.0 cm³/mol. The summed E-state index contributed by atoms with van der Waals surface area (Å²) in [5.74, 6) is 1.41. The van der Waals surface area contributed by atoms with Crippen molar-refractivity contribution in [2.75, 3.05) is 31.8 Å². The lowest BCUT2D eigenvalue weighted by molar-refractivity contribution is 0.0964. The molecule has 0 atom stereocenters. The number of amides is 1. The maximum absolute atomic E-state index is 12.0. The molecule has 0 spiro atoms. The summed E-state index contributed by atoms with van der Waals surface area (Å²) in [6, 6.07) is 5.39. The molecule has 9 heteroatoms. The monoisotopic (exact) mass is 327 g/mol. The van der Waals surface area contributed by atoms with Crippen LogP contribution in [0.15, 0.2) is 30.6 Å². The molecular formula is C15H17N7O2. The highest BCUT2D eigenvalue weighted by Gasteiger charge is 2.16. The molecule has 0 fully saturated rings. The largest absolute Gasteiger partial charge is 0.480 e. The lowest BCUT2D eigenvalue weighted by Crippen LogP contribution is -2.18. The van der Waals surface area contributed by atoms with Gasteiger partial charge in [-0.05, 0) is 12.1 Å². The van der Waals surface area contributed by atoms with Crippen LogP contribution in [0.5, 0.6) is 5.88 Å². The fraction of sp³-hybridized carbons (Fsp3) is 0.200. The second-order valence-electron chi connectivity index (χ2n) is 4.83. The van der Waals surface area contributed by atoms with Gasteiger partial charge in [0, 0.05) is 26.4 Å². The third-order valence-electron chi connectivity index (χ3n) is 3.43. The molecule has 1 amide bonds.